The molecule has 0 radical (unpaired) electrons. The molecule has 35 heavy (non-hydrogen) atoms. The predicted octanol–water partition coefficient (Wildman–Crippen LogP) is -0.883. The summed E-state index contributed by atoms with van der Waals surface area (Å²) in [7, 11) is 2.89. The van der Waals surface area contributed by atoms with E-state index in [1.807, 2.05) is 0 Å². The van der Waals surface area contributed by atoms with Crippen molar-refractivity contribution in [2.24, 2.45) is 12.2 Å². The van der Waals surface area contributed by atoms with Crippen molar-refractivity contribution in [2.75, 3.05) is 24.3 Å². The maximum atomic E-state index is 12.9. The number of aromatic nitrogens is 6. The largest absolute Gasteiger partial charge is 0.477 e. The molecule has 0 aliphatic carbocycles. The summed E-state index contributed by atoms with van der Waals surface area (Å²) in [5, 5.41) is 27.1. The number of aliphatic carboxylic acids is 1. The average molecular weight is 541 g/mol. The lowest BCUT2D eigenvalue weighted by atomic mass is 10.0. The highest BCUT2D eigenvalue weighted by atomic mass is 35.5. The maximum Gasteiger partial charge on any atom is 0.352 e. The third kappa shape index (κ3) is 4.87. The van der Waals surface area contributed by atoms with Crippen LogP contribution in [-0.4, -0.2) is 93.7 Å². The fourth-order valence-electron chi connectivity index (χ4n) is 3.35. The van der Waals surface area contributed by atoms with Gasteiger partial charge < -0.3 is 21.0 Å². The predicted molar refractivity (Wildman–Crippen MR) is 124 cm³/mol. The molecular formula is C17H17ClN10O5S2. The molecule has 4 heterocycles. The highest BCUT2D eigenvalue weighted by molar-refractivity contribution is 8.01. The zero-order valence-electron chi connectivity index (χ0n) is 18.1. The van der Waals surface area contributed by atoms with Crippen molar-refractivity contribution in [1.29, 1.82) is 0 Å². The molecule has 2 aromatic heterocycles. The van der Waals surface area contributed by atoms with E-state index in [9.17, 15) is 19.5 Å². The number of tetrazole rings is 1. The number of nitrogen functional groups attached to an aromatic ring is 1. The first-order valence-electron chi connectivity index (χ1n) is 9.68. The zero-order chi connectivity index (χ0) is 25.3. The number of carbonyl (C=O) groups is 3. The van der Waals surface area contributed by atoms with Gasteiger partial charge in [-0.15, -0.1) is 16.9 Å². The number of fused-ring (bicyclic) bond motifs is 1. The number of β-lactam (4-membered cyclic amide) rings is 1. The Balaban J connectivity index is 1.51. The van der Waals surface area contributed by atoms with Crippen LogP contribution in [0, 0.1) is 0 Å². The molecule has 0 spiro atoms. The van der Waals surface area contributed by atoms with Gasteiger partial charge in [0, 0.05) is 24.6 Å². The van der Waals surface area contributed by atoms with E-state index >= 15 is 0 Å². The monoisotopic (exact) mass is 540 g/mol. The van der Waals surface area contributed by atoms with Crippen LogP contribution in [0.4, 0.5) is 5.95 Å². The van der Waals surface area contributed by atoms with Gasteiger partial charge >= 0.3 is 5.97 Å². The molecule has 18 heteroatoms. The van der Waals surface area contributed by atoms with Gasteiger partial charge in [0.2, 0.25) is 11.1 Å². The quantitative estimate of drug-likeness (QED) is 0.122. The molecule has 4 N–H and O–H groups in total. The van der Waals surface area contributed by atoms with Crippen LogP contribution in [0.5, 0.6) is 0 Å². The van der Waals surface area contributed by atoms with Gasteiger partial charge in [-0.05, 0) is 16.0 Å². The zero-order valence-corrected chi connectivity index (χ0v) is 20.5. The number of oxime groups is 1. The van der Waals surface area contributed by atoms with Crippen LogP contribution in [0.3, 0.4) is 0 Å². The van der Waals surface area contributed by atoms with Gasteiger partial charge in [0.15, 0.2) is 5.71 Å². The lowest BCUT2D eigenvalue weighted by Gasteiger charge is -2.49. The minimum absolute atomic E-state index is 0.00882. The van der Waals surface area contributed by atoms with Crippen LogP contribution >= 0.6 is 35.1 Å². The van der Waals surface area contributed by atoms with Gasteiger partial charge in [-0.25, -0.2) is 19.4 Å². The Kier molecular flexibility index (Phi) is 7.08. The number of halogens is 1. The number of rotatable bonds is 8. The molecule has 0 saturated carbocycles. The Morgan fingerprint density at radius 2 is 2.23 bits per heavy atom. The summed E-state index contributed by atoms with van der Waals surface area (Å²) < 4.78 is 1.46. The standard InChI is InChI=1S/C17H17ClN10O5S2/c1-27-17(23-25-26-27)35-5-6-4-34-14-10(13(30)28(14)11(6)15(31)32)22-12(29)9(24-33-2)7-3-8(18)21-16(19)20-7/h3,10,14H,4-5H2,1-2H3,(H,22,29)(H,31,32)(H2,19,20,21)/t10?,14-/m0/s1. The number of aryl methyl sites for hydroxylation is 1. The molecule has 2 aliphatic heterocycles. The number of hydrogen-bond acceptors (Lipinski definition) is 13. The molecule has 2 aliphatic rings. The van der Waals surface area contributed by atoms with Gasteiger partial charge in [0.1, 0.15) is 35.1 Å². The SMILES string of the molecule is CON=C(C(=O)NC1C(=O)N2C(C(=O)O)=C(CSc3nnnn3C)CS[C@@H]12)c1cc(Cl)nc(N)n1. The van der Waals surface area contributed by atoms with Crippen LogP contribution in [0.1, 0.15) is 5.69 Å². The number of hydrogen-bond donors (Lipinski definition) is 3. The number of nitrogens with zero attached hydrogens (tertiary/aromatic N) is 8. The third-order valence-corrected chi connectivity index (χ3v) is 7.48. The number of nitrogens with two attached hydrogens (primary N) is 1. The first-order chi connectivity index (χ1) is 16.7. The molecule has 184 valence electrons. The lowest BCUT2D eigenvalue weighted by molar-refractivity contribution is -0.150. The van der Waals surface area contributed by atoms with Crippen LogP contribution in [-0.2, 0) is 26.3 Å². The summed E-state index contributed by atoms with van der Waals surface area (Å²) in [4.78, 5) is 51.4. The van der Waals surface area contributed by atoms with Gasteiger partial charge in [-0.1, -0.05) is 28.5 Å². The molecule has 0 bridgehead atoms. The normalized spacial score (nSPS) is 19.8. The number of carboxylic acid groups (broad SMARTS) is 1. The molecule has 2 amide bonds. The van der Waals surface area contributed by atoms with Gasteiger partial charge in [-0.3, -0.25) is 14.5 Å². The van der Waals surface area contributed by atoms with Crippen molar-refractivity contribution in [2.45, 2.75) is 16.6 Å². The molecule has 15 nitrogen and oxygen atoms in total. The van der Waals surface area contributed by atoms with E-state index in [-0.39, 0.29) is 34.0 Å². The maximum absolute atomic E-state index is 12.9. The second kappa shape index (κ2) is 10.0. The van der Waals surface area contributed by atoms with E-state index in [0.29, 0.717) is 16.5 Å². The highest BCUT2D eigenvalue weighted by Crippen LogP contribution is 2.41. The average Bonchev–Trinajstić information content (AvgIpc) is 3.22. The van der Waals surface area contributed by atoms with E-state index in [1.165, 1.54) is 46.3 Å². The highest BCUT2D eigenvalue weighted by Gasteiger charge is 2.54. The number of carboxylic acids is 1. The first-order valence-corrected chi connectivity index (χ1v) is 12.1. The third-order valence-electron chi connectivity index (χ3n) is 4.85. The number of amides is 2. The van der Waals surface area contributed by atoms with Crippen molar-refractivity contribution in [1.82, 2.24) is 40.4 Å². The van der Waals surface area contributed by atoms with E-state index in [4.69, 9.17) is 22.2 Å². The van der Waals surface area contributed by atoms with Crippen molar-refractivity contribution in [3.8, 4) is 0 Å². The Bertz CT molecular complexity index is 1250. The number of thioether (sulfide) groups is 2. The second-order valence-corrected chi connectivity index (χ2v) is 9.48. The van der Waals surface area contributed by atoms with E-state index in [2.05, 4.69) is 36.0 Å². The minimum atomic E-state index is -1.24. The van der Waals surface area contributed by atoms with Crippen molar-refractivity contribution in [3.63, 3.8) is 0 Å². The Labute approximate surface area is 210 Å². The Hall–Kier alpha value is -3.44. The molecular weight excluding hydrogens is 524 g/mol. The fraction of sp³-hybridized carbons (Fsp3) is 0.353. The summed E-state index contributed by atoms with van der Waals surface area (Å²) in [5.41, 5.74) is 5.72. The summed E-state index contributed by atoms with van der Waals surface area (Å²) in [6, 6.07) is 0.275. The van der Waals surface area contributed by atoms with Crippen LogP contribution in [0.15, 0.2) is 27.6 Å². The summed E-state index contributed by atoms with van der Waals surface area (Å²) in [6.07, 6.45) is 0. The Morgan fingerprint density at radius 1 is 1.46 bits per heavy atom. The molecule has 2 aromatic rings. The van der Waals surface area contributed by atoms with Gasteiger partial charge in [-0.2, -0.15) is 0 Å². The Morgan fingerprint density at radius 3 is 2.86 bits per heavy atom. The molecule has 0 aromatic carbocycles. The molecule has 2 atom stereocenters. The summed E-state index contributed by atoms with van der Waals surface area (Å²) >= 11 is 8.46. The number of nitrogens with one attached hydrogen (secondary N) is 1. The molecule has 1 unspecified atom stereocenters. The summed E-state index contributed by atoms with van der Waals surface area (Å²) in [6.45, 7) is 0. The van der Waals surface area contributed by atoms with E-state index < -0.39 is 29.2 Å². The van der Waals surface area contributed by atoms with Crippen molar-refractivity contribution >= 4 is 64.6 Å². The van der Waals surface area contributed by atoms with Crippen LogP contribution < -0.4 is 11.1 Å². The smallest absolute Gasteiger partial charge is 0.352 e. The molecule has 1 fully saturated rings. The topological polar surface area (TPSA) is 204 Å². The summed E-state index contributed by atoms with van der Waals surface area (Å²) in [5.74, 6) is -2.18. The number of anilines is 1. The van der Waals surface area contributed by atoms with E-state index in [1.54, 1.807) is 7.05 Å². The van der Waals surface area contributed by atoms with E-state index in [0.717, 1.165) is 0 Å². The second-order valence-electron chi connectivity index (χ2n) is 7.05. The lowest BCUT2D eigenvalue weighted by Crippen LogP contribution is -2.71. The first kappa shape index (κ1) is 24.7. The van der Waals surface area contributed by atoms with Crippen molar-refractivity contribution in [3.05, 3.63) is 28.2 Å². The van der Waals surface area contributed by atoms with Gasteiger partial charge in [0.25, 0.3) is 11.8 Å². The van der Waals surface area contributed by atoms with Crippen molar-refractivity contribution < 1.29 is 24.3 Å². The molecule has 1 saturated heterocycles. The van der Waals surface area contributed by atoms with Gasteiger partial charge in [0.05, 0.1) is 0 Å². The number of carbonyl (C=O) groups excluding carboxylic acids is 2. The molecule has 4 rings (SSSR count). The van der Waals surface area contributed by atoms with Crippen LogP contribution in [0.25, 0.3) is 0 Å². The fourth-order valence-corrected chi connectivity index (χ4v) is 5.88. The minimum Gasteiger partial charge on any atom is -0.477 e. The van der Waals surface area contributed by atoms with Crippen LogP contribution in [0.2, 0.25) is 5.15 Å².